The molecule has 2 aromatic carbocycles. The van der Waals surface area contributed by atoms with Gasteiger partial charge in [-0.2, -0.15) is 0 Å². The molecule has 0 bridgehead atoms. The van der Waals surface area contributed by atoms with E-state index < -0.39 is 0 Å². The molecule has 0 aromatic heterocycles. The topological polar surface area (TPSA) is 53.6 Å². The number of likely N-dealkylation sites (N-methyl/N-ethyl adjacent to an activating group) is 1. The number of aliphatic imine (C=N–C) groups is 1. The van der Waals surface area contributed by atoms with Gasteiger partial charge in [0.05, 0.1) is 12.6 Å². The van der Waals surface area contributed by atoms with Crippen molar-refractivity contribution in [3.63, 3.8) is 0 Å². The number of nitrogens with one attached hydrogen (secondary N) is 1. The van der Waals surface area contributed by atoms with Crippen LogP contribution in [-0.2, 0) is 0 Å². The highest BCUT2D eigenvalue weighted by Crippen LogP contribution is 2.19. The lowest BCUT2D eigenvalue weighted by molar-refractivity contribution is 0.306. The Kier molecular flexibility index (Phi) is 5.77. The lowest BCUT2D eigenvalue weighted by Gasteiger charge is -2.23. The smallest absolute Gasteiger partial charge is 0.193 e. The first-order valence-electron chi connectivity index (χ1n) is 7.82. The average molecular weight is 310 g/mol. The van der Waals surface area contributed by atoms with Gasteiger partial charge in [-0.1, -0.05) is 47.5 Å². The molecule has 23 heavy (non-hydrogen) atoms. The van der Waals surface area contributed by atoms with Gasteiger partial charge in [-0.15, -0.1) is 0 Å². The van der Waals surface area contributed by atoms with Crippen LogP contribution in [0.5, 0.6) is 0 Å². The molecule has 1 atom stereocenters. The number of hydrogen-bond donors (Lipinski definition) is 2. The van der Waals surface area contributed by atoms with Crippen molar-refractivity contribution in [1.29, 1.82) is 0 Å². The number of hydrogen-bond acceptors (Lipinski definition) is 2. The van der Waals surface area contributed by atoms with E-state index in [1.807, 2.05) is 24.3 Å². The average Bonchev–Trinajstić information content (AvgIpc) is 2.51. The fraction of sp³-hybridized carbons (Fsp3) is 0.316. The van der Waals surface area contributed by atoms with E-state index in [9.17, 15) is 0 Å². The third-order valence-corrected chi connectivity index (χ3v) is 3.84. The van der Waals surface area contributed by atoms with Crippen molar-refractivity contribution >= 4 is 11.6 Å². The molecule has 1 unspecified atom stereocenters. The number of rotatable bonds is 5. The molecule has 0 heterocycles. The number of nitrogens with zero attached hydrogens (tertiary/aromatic N) is 2. The van der Waals surface area contributed by atoms with Gasteiger partial charge >= 0.3 is 0 Å². The number of guanidine groups is 1. The van der Waals surface area contributed by atoms with E-state index in [4.69, 9.17) is 5.73 Å². The summed E-state index contributed by atoms with van der Waals surface area (Å²) in [6, 6.07) is 16.9. The van der Waals surface area contributed by atoms with Crippen LogP contribution in [0.15, 0.2) is 53.5 Å². The summed E-state index contributed by atoms with van der Waals surface area (Å²) < 4.78 is 0. The van der Waals surface area contributed by atoms with Gasteiger partial charge in [0, 0.05) is 5.69 Å². The summed E-state index contributed by atoms with van der Waals surface area (Å²) in [7, 11) is 4.12. The van der Waals surface area contributed by atoms with Gasteiger partial charge in [0.2, 0.25) is 0 Å². The van der Waals surface area contributed by atoms with Gasteiger partial charge in [-0.25, -0.2) is 0 Å². The Morgan fingerprint density at radius 1 is 1.00 bits per heavy atom. The second kappa shape index (κ2) is 7.79. The summed E-state index contributed by atoms with van der Waals surface area (Å²) in [5.74, 6) is 0.438. The minimum Gasteiger partial charge on any atom is -0.370 e. The molecule has 0 aliphatic carbocycles. The Bertz CT molecular complexity index is 642. The molecule has 2 aromatic rings. The second-order valence-corrected chi connectivity index (χ2v) is 6.11. The zero-order chi connectivity index (χ0) is 16.8. The molecule has 0 aliphatic heterocycles. The Hall–Kier alpha value is -2.33. The summed E-state index contributed by atoms with van der Waals surface area (Å²) in [6.45, 7) is 4.77. The van der Waals surface area contributed by atoms with Crippen molar-refractivity contribution in [3.05, 3.63) is 65.2 Å². The molecule has 4 heteroatoms. The minimum absolute atomic E-state index is 0.203. The molecule has 0 saturated heterocycles. The molecule has 2 rings (SSSR count). The van der Waals surface area contributed by atoms with Crippen LogP contribution in [0.1, 0.15) is 22.7 Å². The van der Waals surface area contributed by atoms with E-state index in [1.165, 1.54) is 16.7 Å². The Morgan fingerprint density at radius 3 is 2.04 bits per heavy atom. The van der Waals surface area contributed by atoms with Crippen LogP contribution in [0.25, 0.3) is 0 Å². The second-order valence-electron chi connectivity index (χ2n) is 6.11. The first-order valence-corrected chi connectivity index (χ1v) is 7.82. The highest BCUT2D eigenvalue weighted by molar-refractivity contribution is 5.92. The van der Waals surface area contributed by atoms with Crippen molar-refractivity contribution in [3.8, 4) is 0 Å². The molecule has 0 fully saturated rings. The van der Waals surface area contributed by atoms with Gasteiger partial charge in [0.15, 0.2) is 5.96 Å². The quantitative estimate of drug-likeness (QED) is 0.658. The normalized spacial score (nSPS) is 13.2. The third kappa shape index (κ3) is 5.11. The molecular formula is C19H26N4. The van der Waals surface area contributed by atoms with E-state index in [0.717, 1.165) is 5.69 Å². The number of benzene rings is 2. The molecule has 0 radical (unpaired) electrons. The van der Waals surface area contributed by atoms with Crippen molar-refractivity contribution < 1.29 is 0 Å². The van der Waals surface area contributed by atoms with Crippen molar-refractivity contribution in [2.45, 2.75) is 19.9 Å². The van der Waals surface area contributed by atoms with E-state index >= 15 is 0 Å². The van der Waals surface area contributed by atoms with E-state index in [-0.39, 0.29) is 6.04 Å². The first-order chi connectivity index (χ1) is 11.0. The standard InChI is InChI=1S/C19H26N4/c1-14-5-9-16(10-6-14)18(23(3)4)13-21-19(20)22-17-11-7-15(2)8-12-17/h5-12,18H,13H2,1-4H3,(H3,20,21,22). The van der Waals surface area contributed by atoms with Gasteiger partial charge in [0.25, 0.3) is 0 Å². The highest BCUT2D eigenvalue weighted by atomic mass is 15.1. The number of anilines is 1. The zero-order valence-corrected chi connectivity index (χ0v) is 14.4. The molecule has 4 nitrogen and oxygen atoms in total. The fourth-order valence-electron chi connectivity index (χ4n) is 2.36. The first kappa shape index (κ1) is 17.0. The molecule has 0 saturated carbocycles. The monoisotopic (exact) mass is 310 g/mol. The van der Waals surface area contributed by atoms with Gasteiger partial charge < -0.3 is 16.0 Å². The Labute approximate surface area is 139 Å². The van der Waals surface area contributed by atoms with Gasteiger partial charge in [0.1, 0.15) is 0 Å². The van der Waals surface area contributed by atoms with Crippen molar-refractivity contribution in [2.75, 3.05) is 26.0 Å². The zero-order valence-electron chi connectivity index (χ0n) is 14.4. The van der Waals surface area contributed by atoms with Crippen LogP contribution in [0.3, 0.4) is 0 Å². The minimum atomic E-state index is 0.203. The van der Waals surface area contributed by atoms with Crippen LogP contribution in [0.2, 0.25) is 0 Å². The maximum absolute atomic E-state index is 6.01. The summed E-state index contributed by atoms with van der Waals surface area (Å²) in [4.78, 5) is 6.66. The molecule has 0 spiro atoms. The molecular weight excluding hydrogens is 284 g/mol. The Morgan fingerprint density at radius 2 is 1.52 bits per heavy atom. The SMILES string of the molecule is Cc1ccc(NC(N)=NCC(c2ccc(C)cc2)N(C)C)cc1. The summed E-state index contributed by atoms with van der Waals surface area (Å²) in [6.07, 6.45) is 0. The van der Waals surface area contributed by atoms with Crippen LogP contribution < -0.4 is 11.1 Å². The van der Waals surface area contributed by atoms with Crippen LogP contribution in [-0.4, -0.2) is 31.5 Å². The molecule has 0 amide bonds. The number of nitrogens with two attached hydrogens (primary N) is 1. The van der Waals surface area contributed by atoms with Crippen LogP contribution in [0.4, 0.5) is 5.69 Å². The lowest BCUT2D eigenvalue weighted by Crippen LogP contribution is -2.27. The van der Waals surface area contributed by atoms with E-state index in [1.54, 1.807) is 0 Å². The van der Waals surface area contributed by atoms with Crippen LogP contribution in [0, 0.1) is 13.8 Å². The summed E-state index contributed by atoms with van der Waals surface area (Å²) >= 11 is 0. The largest absolute Gasteiger partial charge is 0.370 e. The Balaban J connectivity index is 2.04. The summed E-state index contributed by atoms with van der Waals surface area (Å²) in [5, 5.41) is 3.13. The molecule has 0 aliphatic rings. The van der Waals surface area contributed by atoms with E-state index in [2.05, 4.69) is 67.4 Å². The summed E-state index contributed by atoms with van der Waals surface area (Å²) in [5.41, 5.74) is 10.7. The predicted molar refractivity (Wildman–Crippen MR) is 98.9 cm³/mol. The fourth-order valence-corrected chi connectivity index (χ4v) is 2.36. The maximum Gasteiger partial charge on any atom is 0.193 e. The van der Waals surface area contributed by atoms with Crippen molar-refractivity contribution in [1.82, 2.24) is 4.90 Å². The molecule has 122 valence electrons. The third-order valence-electron chi connectivity index (χ3n) is 3.84. The molecule has 3 N–H and O–H groups in total. The maximum atomic E-state index is 6.01. The lowest BCUT2D eigenvalue weighted by atomic mass is 10.0. The van der Waals surface area contributed by atoms with Crippen LogP contribution >= 0.6 is 0 Å². The van der Waals surface area contributed by atoms with E-state index in [0.29, 0.717) is 12.5 Å². The van der Waals surface area contributed by atoms with Crippen molar-refractivity contribution in [2.24, 2.45) is 10.7 Å². The predicted octanol–water partition coefficient (Wildman–Crippen LogP) is 3.33. The van der Waals surface area contributed by atoms with Gasteiger partial charge in [-0.3, -0.25) is 4.99 Å². The number of aryl methyl sites for hydroxylation is 2. The van der Waals surface area contributed by atoms with Gasteiger partial charge in [-0.05, 0) is 45.6 Å². The highest BCUT2D eigenvalue weighted by Gasteiger charge is 2.13.